The van der Waals surface area contributed by atoms with Gasteiger partial charge in [-0.1, -0.05) is 23.4 Å². The molecule has 0 aliphatic carbocycles. The Hall–Kier alpha value is -2.69. The standard InChI is InChI=1S/C31H37F6N3O5S/c1-28(2)14-30(44,15-29(3,4)45-28)27(17-7-5-6-8-18(17)31(35,36)37)46-13-22(42)25(26(43)23(46)12-41)40-11-21(38-39-40)16-9-19(32)24(34)20(33)10-16/h5-11,22-23,25-27,41-44,46H,12-15H2,1-4H3/t22-,23+,25-,26-,27-/m0/s1. The van der Waals surface area contributed by atoms with Gasteiger partial charge in [-0.15, -0.1) is 5.10 Å². The van der Waals surface area contributed by atoms with Crippen molar-refractivity contribution in [3.05, 3.63) is 71.2 Å². The second kappa shape index (κ2) is 12.1. The van der Waals surface area contributed by atoms with Gasteiger partial charge in [0.1, 0.15) is 11.7 Å². The van der Waals surface area contributed by atoms with Gasteiger partial charge in [-0.05, 0) is 51.5 Å². The lowest BCUT2D eigenvalue weighted by molar-refractivity contribution is -0.220. The number of hydrogen-bond acceptors (Lipinski definition) is 7. The third-order valence-corrected chi connectivity index (χ3v) is 12.2. The van der Waals surface area contributed by atoms with Crippen LogP contribution in [-0.2, 0) is 10.9 Å². The molecule has 0 spiro atoms. The number of benzene rings is 2. The van der Waals surface area contributed by atoms with E-state index in [1.807, 2.05) is 0 Å². The summed E-state index contributed by atoms with van der Waals surface area (Å²) in [6.45, 7) is 6.21. The molecule has 2 saturated heterocycles. The summed E-state index contributed by atoms with van der Waals surface area (Å²) in [7, 11) is -2.00. The fourth-order valence-corrected chi connectivity index (χ4v) is 11.2. The van der Waals surface area contributed by atoms with Crippen LogP contribution in [0.3, 0.4) is 0 Å². The number of thiol groups is 1. The first-order valence-electron chi connectivity index (χ1n) is 14.6. The number of hydrogen-bond donors (Lipinski definition) is 5. The molecule has 46 heavy (non-hydrogen) atoms. The summed E-state index contributed by atoms with van der Waals surface area (Å²) in [6, 6.07) is 5.01. The average Bonchev–Trinajstić information content (AvgIpc) is 3.39. The molecule has 254 valence electrons. The van der Waals surface area contributed by atoms with Crippen LogP contribution >= 0.6 is 10.9 Å². The maximum Gasteiger partial charge on any atom is 0.416 e. The minimum absolute atomic E-state index is 0.0654. The molecular weight excluding hydrogens is 640 g/mol. The van der Waals surface area contributed by atoms with Crippen molar-refractivity contribution < 1.29 is 51.5 Å². The third-order valence-electron chi connectivity index (χ3n) is 8.66. The van der Waals surface area contributed by atoms with Gasteiger partial charge in [0.05, 0.1) is 47.4 Å². The van der Waals surface area contributed by atoms with Crippen molar-refractivity contribution in [3.63, 3.8) is 0 Å². The second-order valence-corrected chi connectivity index (χ2v) is 16.0. The molecule has 5 rings (SSSR count). The summed E-state index contributed by atoms with van der Waals surface area (Å²) >= 11 is 0. The minimum atomic E-state index is -4.79. The Bertz CT molecular complexity index is 1540. The van der Waals surface area contributed by atoms with Gasteiger partial charge in [-0.3, -0.25) is 0 Å². The van der Waals surface area contributed by atoms with Gasteiger partial charge in [0.25, 0.3) is 0 Å². The predicted molar refractivity (Wildman–Crippen MR) is 159 cm³/mol. The molecule has 6 atom stereocenters. The van der Waals surface area contributed by atoms with Crippen LogP contribution < -0.4 is 0 Å². The molecule has 1 aromatic heterocycles. The van der Waals surface area contributed by atoms with Crippen LogP contribution in [0, 0.1) is 17.5 Å². The summed E-state index contributed by atoms with van der Waals surface area (Å²) in [4.78, 5) is 0. The third kappa shape index (κ3) is 6.54. The number of aromatic nitrogens is 3. The highest BCUT2D eigenvalue weighted by atomic mass is 32.2. The Balaban J connectivity index is 1.59. The van der Waals surface area contributed by atoms with E-state index in [9.17, 15) is 46.8 Å². The predicted octanol–water partition coefficient (Wildman–Crippen LogP) is 4.86. The minimum Gasteiger partial charge on any atom is -0.395 e. The molecule has 4 N–H and O–H groups in total. The normalized spacial score (nSPS) is 29.0. The highest BCUT2D eigenvalue weighted by molar-refractivity contribution is 8.18. The summed E-state index contributed by atoms with van der Waals surface area (Å²) in [5, 5.41) is 51.6. The van der Waals surface area contributed by atoms with Crippen molar-refractivity contribution >= 4 is 10.9 Å². The van der Waals surface area contributed by atoms with Crippen molar-refractivity contribution in [3.8, 4) is 11.3 Å². The lowest BCUT2D eigenvalue weighted by atomic mass is 9.73. The molecule has 15 heteroatoms. The van der Waals surface area contributed by atoms with Gasteiger partial charge in [0.2, 0.25) is 0 Å². The van der Waals surface area contributed by atoms with Crippen molar-refractivity contribution in [2.75, 3.05) is 12.4 Å². The van der Waals surface area contributed by atoms with E-state index in [2.05, 4.69) is 10.3 Å². The van der Waals surface area contributed by atoms with Crippen LogP contribution in [-0.4, -0.2) is 82.0 Å². The Morgan fingerprint density at radius 2 is 1.61 bits per heavy atom. The summed E-state index contributed by atoms with van der Waals surface area (Å²) < 4.78 is 91.9. The van der Waals surface area contributed by atoms with E-state index in [0.717, 1.165) is 10.7 Å². The van der Waals surface area contributed by atoms with Crippen LogP contribution in [0.4, 0.5) is 26.3 Å². The van der Waals surface area contributed by atoms with E-state index < -0.39 is 92.2 Å². The van der Waals surface area contributed by atoms with Crippen LogP contribution in [0.5, 0.6) is 0 Å². The quantitative estimate of drug-likeness (QED) is 0.144. The zero-order chi connectivity index (χ0) is 34.0. The number of aliphatic hydroxyl groups excluding tert-OH is 3. The first kappa shape index (κ1) is 34.6. The summed E-state index contributed by atoms with van der Waals surface area (Å²) in [6.07, 6.45) is -6.80. The average molecular weight is 678 g/mol. The number of rotatable bonds is 6. The molecule has 2 fully saturated rings. The molecular formula is C31H37F6N3O5S. The van der Waals surface area contributed by atoms with Crippen LogP contribution in [0.15, 0.2) is 42.6 Å². The highest BCUT2D eigenvalue weighted by Gasteiger charge is 2.57. The maximum atomic E-state index is 14.5. The number of aliphatic hydroxyl groups is 4. The second-order valence-electron chi connectivity index (χ2n) is 13.4. The summed E-state index contributed by atoms with van der Waals surface area (Å²) in [5.41, 5.74) is -5.19. The number of ether oxygens (including phenoxy) is 1. The van der Waals surface area contributed by atoms with Crippen molar-refractivity contribution in [2.45, 2.75) is 92.3 Å². The van der Waals surface area contributed by atoms with E-state index in [1.54, 1.807) is 27.7 Å². The van der Waals surface area contributed by atoms with Gasteiger partial charge in [0, 0.05) is 34.7 Å². The van der Waals surface area contributed by atoms with Crippen LogP contribution in [0.1, 0.15) is 63.0 Å². The maximum absolute atomic E-state index is 14.5. The fourth-order valence-electron chi connectivity index (χ4n) is 7.53. The number of nitrogens with zero attached hydrogens (tertiary/aromatic N) is 3. The van der Waals surface area contributed by atoms with Gasteiger partial charge in [-0.2, -0.15) is 13.2 Å². The van der Waals surface area contributed by atoms with E-state index in [1.165, 1.54) is 24.4 Å². The molecule has 3 aromatic rings. The van der Waals surface area contributed by atoms with E-state index in [0.29, 0.717) is 12.1 Å². The molecule has 0 saturated carbocycles. The lowest BCUT2D eigenvalue weighted by Gasteiger charge is -2.57. The van der Waals surface area contributed by atoms with E-state index >= 15 is 0 Å². The smallest absolute Gasteiger partial charge is 0.395 e. The molecule has 3 heterocycles. The molecule has 2 aromatic carbocycles. The van der Waals surface area contributed by atoms with Crippen molar-refractivity contribution in [1.29, 1.82) is 0 Å². The zero-order valence-corrected chi connectivity index (χ0v) is 26.4. The fraction of sp³-hybridized carbons (Fsp3) is 0.548. The molecule has 0 amide bonds. The Labute approximate surface area is 264 Å². The molecule has 2 aliphatic heterocycles. The van der Waals surface area contributed by atoms with Gasteiger partial charge in [-0.25, -0.2) is 28.7 Å². The Morgan fingerprint density at radius 1 is 1.02 bits per heavy atom. The summed E-state index contributed by atoms with van der Waals surface area (Å²) in [5.74, 6) is -4.81. The van der Waals surface area contributed by atoms with E-state index in [-0.39, 0.29) is 35.4 Å². The largest absolute Gasteiger partial charge is 0.416 e. The van der Waals surface area contributed by atoms with Crippen LogP contribution in [0.2, 0.25) is 0 Å². The van der Waals surface area contributed by atoms with Gasteiger partial charge in [0.15, 0.2) is 17.5 Å². The van der Waals surface area contributed by atoms with Crippen LogP contribution in [0.25, 0.3) is 11.3 Å². The van der Waals surface area contributed by atoms with Gasteiger partial charge >= 0.3 is 6.18 Å². The first-order chi connectivity index (χ1) is 21.3. The monoisotopic (exact) mass is 677 g/mol. The Morgan fingerprint density at radius 3 is 2.17 bits per heavy atom. The van der Waals surface area contributed by atoms with E-state index in [4.69, 9.17) is 4.74 Å². The molecule has 8 nitrogen and oxygen atoms in total. The van der Waals surface area contributed by atoms with Gasteiger partial charge < -0.3 is 25.2 Å². The molecule has 2 aliphatic rings. The SMILES string of the molecule is CC1(C)CC(O)([C@H](c2ccccc2C(F)(F)F)[SH]2C[C@H](O)[C@H](n3cc(-c4cc(F)c(F)c(F)c4)nn3)[C@@H](O)[C@H]2CO)CC(C)(C)O1. The first-order valence-corrected chi connectivity index (χ1v) is 16.3. The molecule has 1 unspecified atom stereocenters. The van der Waals surface area contributed by atoms with Crippen molar-refractivity contribution in [2.24, 2.45) is 0 Å². The lowest BCUT2D eigenvalue weighted by Crippen LogP contribution is -2.58. The molecule has 0 bridgehead atoms. The zero-order valence-electron chi connectivity index (χ0n) is 25.5. The van der Waals surface area contributed by atoms with Crippen molar-refractivity contribution in [1.82, 2.24) is 15.0 Å². The molecule has 0 radical (unpaired) electrons. The highest BCUT2D eigenvalue weighted by Crippen LogP contribution is 2.63. The Kier molecular flexibility index (Phi) is 9.10. The topological polar surface area (TPSA) is 121 Å². The number of halogens is 6. The number of alkyl halides is 3.